The molecule has 0 amide bonds. The van der Waals surface area contributed by atoms with Crippen LogP contribution in [0.1, 0.15) is 34.1 Å². The Kier molecular flexibility index (Phi) is 3.29. The molecule has 0 aromatic carbocycles. The third-order valence-corrected chi connectivity index (χ3v) is 5.24. The molecule has 2 aliphatic carbocycles. The predicted octanol–water partition coefficient (Wildman–Crippen LogP) is 2.82. The van der Waals surface area contributed by atoms with Crippen LogP contribution in [0.3, 0.4) is 0 Å². The molecule has 2 saturated carbocycles. The van der Waals surface area contributed by atoms with Crippen LogP contribution in [0.25, 0.3) is 0 Å². The first-order valence-corrected chi connectivity index (χ1v) is 6.90. The van der Waals surface area contributed by atoms with Crippen LogP contribution in [0, 0.1) is 35.0 Å². The highest BCUT2D eigenvalue weighted by molar-refractivity contribution is 5.86. The van der Waals surface area contributed by atoms with E-state index in [1.54, 1.807) is 6.08 Å². The van der Waals surface area contributed by atoms with Gasteiger partial charge in [0.05, 0.1) is 6.10 Å². The first kappa shape index (κ1) is 13.6. The Bertz CT molecular complexity index is 403. The van der Waals surface area contributed by atoms with E-state index in [1.807, 2.05) is 13.8 Å². The summed E-state index contributed by atoms with van der Waals surface area (Å²) in [4.78, 5) is 12.4. The van der Waals surface area contributed by atoms with E-state index in [2.05, 4.69) is 26.2 Å². The fraction of sp³-hybridized carbons (Fsp3) is 0.750. The van der Waals surface area contributed by atoms with Crippen molar-refractivity contribution in [3.05, 3.63) is 18.4 Å². The van der Waals surface area contributed by atoms with Crippen LogP contribution in [0.4, 0.5) is 0 Å². The highest BCUT2D eigenvalue weighted by Crippen LogP contribution is 2.67. The van der Waals surface area contributed by atoms with Crippen molar-refractivity contribution in [3.63, 3.8) is 0 Å². The first-order chi connectivity index (χ1) is 8.32. The van der Waals surface area contributed by atoms with E-state index in [-0.39, 0.29) is 29.0 Å². The van der Waals surface area contributed by atoms with Crippen molar-refractivity contribution in [2.75, 3.05) is 0 Å². The van der Waals surface area contributed by atoms with Crippen LogP contribution in [0.15, 0.2) is 18.4 Å². The molecule has 0 heterocycles. The van der Waals surface area contributed by atoms with Crippen LogP contribution in [-0.4, -0.2) is 17.0 Å². The van der Waals surface area contributed by atoms with Gasteiger partial charge in [0.25, 0.3) is 0 Å². The Balaban J connectivity index is 2.24. The molecule has 18 heavy (non-hydrogen) atoms. The largest absolute Gasteiger partial charge is 0.392 e. The number of rotatable bonds is 3. The Morgan fingerprint density at radius 3 is 2.72 bits per heavy atom. The second-order valence-electron chi connectivity index (χ2n) is 6.74. The number of fused-ring (bicyclic) bond motifs is 1. The number of ketones is 1. The Labute approximate surface area is 110 Å². The maximum Gasteiger partial charge on any atom is 0.141 e. The summed E-state index contributed by atoms with van der Waals surface area (Å²) in [5.41, 5.74) is 2.93. The standard InChI is InChI=1S/C16H24O2/c1-6-7-9(2)14(17)12-13-11(16(13,4)5)8-10(3)15(12)18/h7,9-14,17H,1,8H2,2-5H3/t9-,10-,11-,12?,13?,14-/m1/s1. The highest BCUT2D eigenvalue weighted by atomic mass is 16.3. The topological polar surface area (TPSA) is 37.3 Å². The molecular formula is C16H24O2. The summed E-state index contributed by atoms with van der Waals surface area (Å²) in [5.74, 6) is 1.04. The van der Waals surface area contributed by atoms with Gasteiger partial charge in [0.2, 0.25) is 0 Å². The van der Waals surface area contributed by atoms with Crippen molar-refractivity contribution in [1.82, 2.24) is 0 Å². The van der Waals surface area contributed by atoms with Crippen LogP contribution in [0.2, 0.25) is 0 Å². The van der Waals surface area contributed by atoms with E-state index in [0.29, 0.717) is 11.8 Å². The lowest BCUT2D eigenvalue weighted by Gasteiger charge is -2.31. The van der Waals surface area contributed by atoms with Crippen molar-refractivity contribution in [3.8, 4) is 0 Å². The van der Waals surface area contributed by atoms with Crippen molar-refractivity contribution < 1.29 is 9.90 Å². The number of aliphatic hydroxyl groups excluding tert-OH is 1. The molecule has 0 bridgehead atoms. The second kappa shape index (κ2) is 4.36. The molecule has 6 atom stereocenters. The van der Waals surface area contributed by atoms with Crippen molar-refractivity contribution in [2.45, 2.75) is 40.2 Å². The lowest BCUT2D eigenvalue weighted by molar-refractivity contribution is -0.134. The molecule has 2 aliphatic rings. The van der Waals surface area contributed by atoms with E-state index in [9.17, 15) is 9.90 Å². The summed E-state index contributed by atoms with van der Waals surface area (Å²) in [6.07, 6.45) is 2.16. The summed E-state index contributed by atoms with van der Waals surface area (Å²) >= 11 is 0. The molecule has 2 rings (SSSR count). The summed E-state index contributed by atoms with van der Waals surface area (Å²) in [7, 11) is 0. The number of carbonyl (C=O) groups excluding carboxylic acids is 1. The smallest absolute Gasteiger partial charge is 0.141 e. The van der Waals surface area contributed by atoms with Crippen molar-refractivity contribution >= 4 is 5.78 Å². The molecular weight excluding hydrogens is 224 g/mol. The van der Waals surface area contributed by atoms with Crippen LogP contribution >= 0.6 is 0 Å². The summed E-state index contributed by atoms with van der Waals surface area (Å²) in [5, 5.41) is 10.5. The monoisotopic (exact) mass is 248 g/mol. The van der Waals surface area contributed by atoms with Crippen molar-refractivity contribution in [2.24, 2.45) is 35.0 Å². The average molecular weight is 248 g/mol. The van der Waals surface area contributed by atoms with Gasteiger partial charge < -0.3 is 5.11 Å². The molecule has 0 spiro atoms. The Hall–Kier alpha value is -0.850. The zero-order valence-electron chi connectivity index (χ0n) is 11.8. The zero-order chi connectivity index (χ0) is 13.7. The van der Waals surface area contributed by atoms with Crippen LogP contribution in [0.5, 0.6) is 0 Å². The van der Waals surface area contributed by atoms with Gasteiger partial charge in [-0.2, -0.15) is 0 Å². The molecule has 2 heteroatoms. The van der Waals surface area contributed by atoms with Crippen LogP contribution in [-0.2, 0) is 4.79 Å². The highest BCUT2D eigenvalue weighted by Gasteiger charge is 2.66. The number of carbonyl (C=O) groups is 1. The molecule has 0 aromatic heterocycles. The van der Waals surface area contributed by atoms with E-state index in [0.717, 1.165) is 6.42 Å². The van der Waals surface area contributed by atoms with Gasteiger partial charge in [0.1, 0.15) is 5.78 Å². The molecule has 0 aliphatic heterocycles. The predicted molar refractivity (Wildman–Crippen MR) is 71.9 cm³/mol. The summed E-state index contributed by atoms with van der Waals surface area (Å²) in [6.45, 7) is 11.9. The average Bonchev–Trinajstić information content (AvgIpc) is 2.82. The molecule has 100 valence electrons. The maximum absolute atomic E-state index is 12.4. The summed E-state index contributed by atoms with van der Waals surface area (Å²) in [6, 6.07) is 0. The molecule has 0 aromatic rings. The third kappa shape index (κ3) is 1.88. The van der Waals surface area contributed by atoms with Gasteiger partial charge in [0.15, 0.2) is 0 Å². The second-order valence-corrected chi connectivity index (χ2v) is 6.74. The van der Waals surface area contributed by atoms with E-state index in [4.69, 9.17) is 0 Å². The fourth-order valence-corrected chi connectivity index (χ4v) is 3.94. The quantitative estimate of drug-likeness (QED) is 0.780. The minimum Gasteiger partial charge on any atom is -0.392 e. The van der Waals surface area contributed by atoms with E-state index < -0.39 is 6.10 Å². The number of hydrogen-bond donors (Lipinski definition) is 1. The molecule has 0 saturated heterocycles. The van der Waals surface area contributed by atoms with Gasteiger partial charge in [-0.3, -0.25) is 4.79 Å². The van der Waals surface area contributed by atoms with Gasteiger partial charge in [-0.15, -0.1) is 5.73 Å². The number of Topliss-reactive ketones (excluding diaryl/α,β-unsaturated/α-hetero) is 1. The normalized spacial score (nSPS) is 40.4. The van der Waals surface area contributed by atoms with Gasteiger partial charge in [-0.05, 0) is 29.7 Å². The first-order valence-electron chi connectivity index (χ1n) is 6.90. The SMILES string of the molecule is C=C=C[C@@H](C)[C@@H](O)C1C(=O)[C@H](C)C[C@@H]2C1C2(C)C. The van der Waals surface area contributed by atoms with E-state index >= 15 is 0 Å². The summed E-state index contributed by atoms with van der Waals surface area (Å²) < 4.78 is 0. The van der Waals surface area contributed by atoms with Crippen molar-refractivity contribution in [1.29, 1.82) is 0 Å². The molecule has 2 fully saturated rings. The number of aliphatic hydroxyl groups is 1. The third-order valence-electron chi connectivity index (χ3n) is 5.24. The lowest BCUT2D eigenvalue weighted by atomic mass is 9.75. The lowest BCUT2D eigenvalue weighted by Crippen LogP contribution is -2.40. The van der Waals surface area contributed by atoms with Crippen LogP contribution < -0.4 is 0 Å². The van der Waals surface area contributed by atoms with Gasteiger partial charge in [-0.25, -0.2) is 0 Å². The van der Waals surface area contributed by atoms with Gasteiger partial charge >= 0.3 is 0 Å². The fourth-order valence-electron chi connectivity index (χ4n) is 3.94. The Morgan fingerprint density at radius 1 is 1.56 bits per heavy atom. The van der Waals surface area contributed by atoms with Gasteiger partial charge in [0, 0.05) is 17.8 Å². The minimum atomic E-state index is -0.594. The number of hydrogen-bond acceptors (Lipinski definition) is 2. The van der Waals surface area contributed by atoms with E-state index in [1.165, 1.54) is 0 Å². The zero-order valence-corrected chi connectivity index (χ0v) is 11.8. The minimum absolute atomic E-state index is 0.0567. The van der Waals surface area contributed by atoms with Gasteiger partial charge in [-0.1, -0.05) is 34.3 Å². The maximum atomic E-state index is 12.4. The molecule has 2 nitrogen and oxygen atoms in total. The molecule has 2 unspecified atom stereocenters. The Morgan fingerprint density at radius 2 is 2.17 bits per heavy atom. The molecule has 0 radical (unpaired) electrons. The molecule has 1 N–H and O–H groups in total.